The lowest BCUT2D eigenvalue weighted by Crippen LogP contribution is -2.08. The summed E-state index contributed by atoms with van der Waals surface area (Å²) in [5.74, 6) is 1.19. The molecule has 0 spiro atoms. The van der Waals surface area contributed by atoms with Gasteiger partial charge in [0.15, 0.2) is 0 Å². The van der Waals surface area contributed by atoms with Crippen LogP contribution in [0, 0.1) is 0 Å². The quantitative estimate of drug-likeness (QED) is 0.727. The molecule has 0 radical (unpaired) electrons. The van der Waals surface area contributed by atoms with Crippen LogP contribution in [-0.2, 0) is 0 Å². The fraction of sp³-hybridized carbons (Fsp3) is 0.0588. The summed E-state index contributed by atoms with van der Waals surface area (Å²) in [5.41, 5.74) is 8.36. The molecule has 0 atom stereocenters. The second kappa shape index (κ2) is 5.73. The van der Waals surface area contributed by atoms with Gasteiger partial charge in [-0.15, -0.1) is 0 Å². The average Bonchev–Trinajstić information content (AvgIpc) is 2.54. The van der Waals surface area contributed by atoms with Crippen molar-refractivity contribution >= 4 is 5.69 Å². The van der Waals surface area contributed by atoms with Crippen molar-refractivity contribution in [2.75, 3.05) is 12.8 Å². The van der Waals surface area contributed by atoms with Crippen LogP contribution in [0.5, 0.6) is 5.75 Å². The zero-order valence-electron chi connectivity index (χ0n) is 12.0. The van der Waals surface area contributed by atoms with Crippen molar-refractivity contribution in [2.24, 2.45) is 0 Å². The van der Waals surface area contributed by atoms with Crippen LogP contribution in [0.2, 0.25) is 0 Å². The average molecular weight is 293 g/mol. The van der Waals surface area contributed by atoms with Crippen molar-refractivity contribution in [1.82, 2.24) is 9.97 Å². The van der Waals surface area contributed by atoms with Crippen molar-refractivity contribution < 1.29 is 4.74 Å². The van der Waals surface area contributed by atoms with Gasteiger partial charge in [0.2, 0.25) is 0 Å². The first-order chi connectivity index (χ1) is 10.7. The molecule has 5 nitrogen and oxygen atoms in total. The van der Waals surface area contributed by atoms with Crippen LogP contribution in [0.1, 0.15) is 0 Å². The highest BCUT2D eigenvalue weighted by Crippen LogP contribution is 2.23. The molecule has 1 aromatic heterocycles. The molecule has 0 saturated heterocycles. The van der Waals surface area contributed by atoms with E-state index in [9.17, 15) is 4.79 Å². The highest BCUT2D eigenvalue weighted by molar-refractivity contribution is 5.66. The molecule has 3 aromatic rings. The van der Waals surface area contributed by atoms with Crippen LogP contribution < -0.4 is 16.0 Å². The van der Waals surface area contributed by atoms with E-state index in [2.05, 4.69) is 9.97 Å². The minimum absolute atomic E-state index is 0.217. The van der Waals surface area contributed by atoms with Gasteiger partial charge in [-0.25, -0.2) is 4.98 Å². The van der Waals surface area contributed by atoms with Crippen molar-refractivity contribution in [3.63, 3.8) is 0 Å². The summed E-state index contributed by atoms with van der Waals surface area (Å²) in [4.78, 5) is 19.2. The van der Waals surface area contributed by atoms with Gasteiger partial charge in [0, 0.05) is 22.9 Å². The number of rotatable bonds is 3. The SMILES string of the molecule is COc1cccc(-c2nc(-c3cccc(N)c3)cc(=O)[nH]2)c1. The van der Waals surface area contributed by atoms with Gasteiger partial charge in [0.25, 0.3) is 5.56 Å². The van der Waals surface area contributed by atoms with E-state index in [0.29, 0.717) is 23.0 Å². The summed E-state index contributed by atoms with van der Waals surface area (Å²) in [6, 6.07) is 16.1. The van der Waals surface area contributed by atoms with Crippen molar-refractivity contribution in [2.45, 2.75) is 0 Å². The minimum atomic E-state index is -0.217. The molecular weight excluding hydrogens is 278 g/mol. The van der Waals surface area contributed by atoms with E-state index in [1.807, 2.05) is 36.4 Å². The Balaban J connectivity index is 2.12. The Morgan fingerprint density at radius 2 is 1.82 bits per heavy atom. The molecule has 0 aliphatic rings. The molecule has 1 heterocycles. The van der Waals surface area contributed by atoms with Crippen LogP contribution >= 0.6 is 0 Å². The normalized spacial score (nSPS) is 10.4. The molecule has 5 heteroatoms. The van der Waals surface area contributed by atoms with Gasteiger partial charge in [-0.05, 0) is 24.3 Å². The van der Waals surface area contributed by atoms with E-state index in [1.165, 1.54) is 6.07 Å². The molecule has 0 saturated carbocycles. The van der Waals surface area contributed by atoms with Crippen LogP contribution in [-0.4, -0.2) is 17.1 Å². The number of nitrogens with zero attached hydrogens (tertiary/aromatic N) is 1. The van der Waals surface area contributed by atoms with Gasteiger partial charge in [0.1, 0.15) is 11.6 Å². The highest BCUT2D eigenvalue weighted by atomic mass is 16.5. The van der Waals surface area contributed by atoms with Crippen molar-refractivity contribution in [1.29, 1.82) is 0 Å². The molecule has 22 heavy (non-hydrogen) atoms. The van der Waals surface area contributed by atoms with Crippen LogP contribution in [0.15, 0.2) is 59.4 Å². The summed E-state index contributed by atoms with van der Waals surface area (Å²) in [7, 11) is 1.60. The monoisotopic (exact) mass is 293 g/mol. The standard InChI is InChI=1S/C17H15N3O2/c1-22-14-7-3-5-12(9-14)17-19-15(10-16(21)20-17)11-4-2-6-13(18)8-11/h2-10H,18H2,1H3,(H,19,20,21). The molecule has 110 valence electrons. The van der Waals surface area contributed by atoms with Gasteiger partial charge in [-0.1, -0.05) is 24.3 Å². The van der Waals surface area contributed by atoms with Crippen molar-refractivity contribution in [3.8, 4) is 28.4 Å². The van der Waals surface area contributed by atoms with Gasteiger partial charge in [-0.2, -0.15) is 0 Å². The smallest absolute Gasteiger partial charge is 0.251 e. The number of hydrogen-bond acceptors (Lipinski definition) is 4. The molecule has 3 rings (SSSR count). The number of nitrogens with two attached hydrogens (primary N) is 1. The number of anilines is 1. The van der Waals surface area contributed by atoms with Crippen molar-refractivity contribution in [3.05, 3.63) is 65.0 Å². The first kappa shape index (κ1) is 13.9. The Kier molecular flexibility index (Phi) is 3.62. The number of nitrogens with one attached hydrogen (secondary N) is 1. The summed E-state index contributed by atoms with van der Waals surface area (Å²) < 4.78 is 5.20. The van der Waals surface area contributed by atoms with E-state index in [1.54, 1.807) is 19.2 Å². The van der Waals surface area contributed by atoms with Gasteiger partial charge in [-0.3, -0.25) is 4.79 Å². The number of methoxy groups -OCH3 is 1. The number of benzene rings is 2. The van der Waals surface area contributed by atoms with Crippen LogP contribution in [0.4, 0.5) is 5.69 Å². The molecule has 0 bridgehead atoms. The van der Waals surface area contributed by atoms with E-state index in [0.717, 1.165) is 11.1 Å². The summed E-state index contributed by atoms with van der Waals surface area (Å²) in [6.07, 6.45) is 0. The lowest BCUT2D eigenvalue weighted by atomic mass is 10.1. The Morgan fingerprint density at radius 1 is 1.05 bits per heavy atom. The number of hydrogen-bond donors (Lipinski definition) is 2. The number of H-pyrrole nitrogens is 1. The van der Waals surface area contributed by atoms with Crippen LogP contribution in [0.3, 0.4) is 0 Å². The maximum Gasteiger partial charge on any atom is 0.251 e. The third-order valence-corrected chi connectivity index (χ3v) is 3.27. The fourth-order valence-electron chi connectivity index (χ4n) is 2.21. The molecule has 0 fully saturated rings. The fourth-order valence-corrected chi connectivity index (χ4v) is 2.21. The van der Waals surface area contributed by atoms with E-state index in [-0.39, 0.29) is 5.56 Å². The predicted molar refractivity (Wildman–Crippen MR) is 86.7 cm³/mol. The van der Waals surface area contributed by atoms with Crippen LogP contribution in [0.25, 0.3) is 22.6 Å². The summed E-state index contributed by atoms with van der Waals surface area (Å²) in [6.45, 7) is 0. The summed E-state index contributed by atoms with van der Waals surface area (Å²) in [5, 5.41) is 0. The zero-order valence-corrected chi connectivity index (χ0v) is 12.0. The first-order valence-electron chi connectivity index (χ1n) is 6.77. The first-order valence-corrected chi connectivity index (χ1v) is 6.77. The predicted octanol–water partition coefficient (Wildman–Crippen LogP) is 2.69. The Labute approximate surface area is 127 Å². The number of ether oxygens (including phenoxy) is 1. The molecule has 0 aliphatic heterocycles. The Bertz CT molecular complexity index is 872. The molecule has 0 unspecified atom stereocenters. The largest absolute Gasteiger partial charge is 0.497 e. The molecule has 3 N–H and O–H groups in total. The number of aromatic nitrogens is 2. The maximum absolute atomic E-state index is 11.9. The second-order valence-corrected chi connectivity index (χ2v) is 4.84. The van der Waals surface area contributed by atoms with Gasteiger partial charge >= 0.3 is 0 Å². The second-order valence-electron chi connectivity index (χ2n) is 4.84. The zero-order chi connectivity index (χ0) is 15.5. The minimum Gasteiger partial charge on any atom is -0.497 e. The third kappa shape index (κ3) is 2.83. The van der Waals surface area contributed by atoms with E-state index >= 15 is 0 Å². The lowest BCUT2D eigenvalue weighted by molar-refractivity contribution is 0.415. The lowest BCUT2D eigenvalue weighted by Gasteiger charge is -2.07. The summed E-state index contributed by atoms with van der Waals surface area (Å²) >= 11 is 0. The molecular formula is C17H15N3O2. The topological polar surface area (TPSA) is 81.0 Å². The molecule has 0 amide bonds. The molecule has 2 aromatic carbocycles. The van der Waals surface area contributed by atoms with Gasteiger partial charge in [0.05, 0.1) is 12.8 Å². The molecule has 0 aliphatic carbocycles. The number of nitrogen functional groups attached to an aromatic ring is 1. The maximum atomic E-state index is 11.9. The Morgan fingerprint density at radius 3 is 2.59 bits per heavy atom. The Hall–Kier alpha value is -3.08. The van der Waals surface area contributed by atoms with Gasteiger partial charge < -0.3 is 15.5 Å². The van der Waals surface area contributed by atoms with E-state index in [4.69, 9.17) is 10.5 Å². The third-order valence-electron chi connectivity index (χ3n) is 3.27. The highest BCUT2D eigenvalue weighted by Gasteiger charge is 2.07. The van der Waals surface area contributed by atoms with E-state index < -0.39 is 0 Å². The number of aromatic amines is 1.